The predicted octanol–water partition coefficient (Wildman–Crippen LogP) is 4.10. The van der Waals surface area contributed by atoms with Crippen molar-refractivity contribution < 1.29 is 13.2 Å². The molecule has 5 rings (SSSR count). The summed E-state index contributed by atoms with van der Waals surface area (Å²) >= 11 is 1.26. The lowest BCUT2D eigenvalue weighted by molar-refractivity contribution is -0.113. The second kappa shape index (κ2) is 9.61. The third kappa shape index (κ3) is 4.89. The summed E-state index contributed by atoms with van der Waals surface area (Å²) in [6, 6.07) is 21.7. The molecule has 1 amide bonds. The van der Waals surface area contributed by atoms with Crippen molar-refractivity contribution in [2.45, 2.75) is 17.0 Å². The normalized spacial score (nSPS) is 11.6. The number of sulfonamides is 1. The van der Waals surface area contributed by atoms with Gasteiger partial charge in [-0.05, 0) is 55.0 Å². The number of rotatable bonds is 7. The van der Waals surface area contributed by atoms with Crippen LogP contribution in [0.3, 0.4) is 0 Å². The van der Waals surface area contributed by atoms with Crippen LogP contribution in [0, 0.1) is 6.92 Å². The van der Waals surface area contributed by atoms with Crippen molar-refractivity contribution in [2.75, 3.05) is 11.1 Å². The van der Waals surface area contributed by atoms with Gasteiger partial charge in [0.1, 0.15) is 0 Å². The van der Waals surface area contributed by atoms with Gasteiger partial charge in [0.25, 0.3) is 0 Å². The van der Waals surface area contributed by atoms with Crippen molar-refractivity contribution in [3.05, 3.63) is 84.6 Å². The zero-order valence-corrected chi connectivity index (χ0v) is 20.8. The molecule has 0 aliphatic rings. The number of fused-ring (bicyclic) bond motifs is 1. The third-order valence-corrected chi connectivity index (χ3v) is 7.38. The number of aryl methyl sites for hydroxylation is 1. The molecule has 0 saturated heterocycles. The highest BCUT2D eigenvalue weighted by molar-refractivity contribution is 7.99. The fourth-order valence-electron chi connectivity index (χ4n) is 3.85. The number of thioether (sulfide) groups is 1. The maximum absolute atomic E-state index is 12.6. The third-order valence-electron chi connectivity index (χ3n) is 5.52. The number of para-hydroxylation sites is 1. The molecule has 36 heavy (non-hydrogen) atoms. The number of hydrogen-bond donors (Lipinski definition) is 3. The van der Waals surface area contributed by atoms with E-state index in [-0.39, 0.29) is 16.6 Å². The largest absolute Gasteiger partial charge is 0.360 e. The maximum atomic E-state index is 12.6. The van der Waals surface area contributed by atoms with E-state index in [0.29, 0.717) is 16.7 Å². The number of nitrogens with two attached hydrogens (primary N) is 1. The SMILES string of the molecule is Cc1cccc(-n2c(SCC(=O)Nc3ccc(S(N)(=O)=O)cc3)nnc2-c2c[nH]c3ccccc23)c1. The van der Waals surface area contributed by atoms with Crippen molar-refractivity contribution in [3.63, 3.8) is 0 Å². The monoisotopic (exact) mass is 518 g/mol. The Labute approximate surface area is 211 Å². The molecule has 5 aromatic rings. The van der Waals surface area contributed by atoms with Crippen LogP contribution in [0.15, 0.2) is 89.0 Å². The van der Waals surface area contributed by atoms with Crippen LogP contribution >= 0.6 is 11.8 Å². The maximum Gasteiger partial charge on any atom is 0.238 e. The molecule has 0 aliphatic carbocycles. The minimum Gasteiger partial charge on any atom is -0.360 e. The van der Waals surface area contributed by atoms with Gasteiger partial charge in [0.05, 0.1) is 10.6 Å². The van der Waals surface area contributed by atoms with Crippen molar-refractivity contribution in [3.8, 4) is 17.1 Å². The number of hydrogen-bond acceptors (Lipinski definition) is 6. The predicted molar refractivity (Wildman–Crippen MR) is 141 cm³/mol. The van der Waals surface area contributed by atoms with Crippen LogP contribution in [-0.4, -0.2) is 39.8 Å². The van der Waals surface area contributed by atoms with Crippen molar-refractivity contribution in [2.24, 2.45) is 5.14 Å². The Morgan fingerprint density at radius 2 is 1.83 bits per heavy atom. The summed E-state index contributed by atoms with van der Waals surface area (Å²) in [5, 5.41) is 18.4. The van der Waals surface area contributed by atoms with Crippen LogP contribution in [0.1, 0.15) is 5.56 Å². The summed E-state index contributed by atoms with van der Waals surface area (Å²) in [5.74, 6) is 0.477. The van der Waals surface area contributed by atoms with E-state index in [1.807, 2.05) is 66.2 Å². The molecule has 0 fully saturated rings. The lowest BCUT2D eigenvalue weighted by Gasteiger charge is -2.11. The molecule has 4 N–H and O–H groups in total. The summed E-state index contributed by atoms with van der Waals surface area (Å²) in [6.07, 6.45) is 1.91. The first-order chi connectivity index (χ1) is 17.3. The molecule has 0 saturated carbocycles. The van der Waals surface area contributed by atoms with Crippen molar-refractivity contribution in [1.29, 1.82) is 0 Å². The first-order valence-electron chi connectivity index (χ1n) is 10.9. The molecule has 0 atom stereocenters. The quantitative estimate of drug-likeness (QED) is 0.278. The van der Waals surface area contributed by atoms with E-state index in [0.717, 1.165) is 27.7 Å². The zero-order chi connectivity index (χ0) is 25.3. The number of primary sulfonamides is 1. The van der Waals surface area contributed by atoms with Crippen molar-refractivity contribution in [1.82, 2.24) is 19.7 Å². The van der Waals surface area contributed by atoms with Crippen LogP contribution in [0.25, 0.3) is 28.0 Å². The Morgan fingerprint density at radius 1 is 1.06 bits per heavy atom. The molecule has 0 spiro atoms. The van der Waals surface area contributed by atoms with E-state index in [4.69, 9.17) is 5.14 Å². The minimum atomic E-state index is -3.80. The van der Waals surface area contributed by atoms with Gasteiger partial charge in [0.2, 0.25) is 15.9 Å². The number of aromatic nitrogens is 4. The van der Waals surface area contributed by atoms with E-state index < -0.39 is 10.0 Å². The number of carbonyl (C=O) groups excluding carboxylic acids is 1. The molecular formula is C25H22N6O3S2. The average Bonchev–Trinajstić information content (AvgIpc) is 3.46. The fourth-order valence-corrected chi connectivity index (χ4v) is 5.12. The second-order valence-electron chi connectivity index (χ2n) is 8.13. The molecule has 11 heteroatoms. The summed E-state index contributed by atoms with van der Waals surface area (Å²) in [4.78, 5) is 15.9. The van der Waals surface area contributed by atoms with Crippen LogP contribution < -0.4 is 10.5 Å². The van der Waals surface area contributed by atoms with Gasteiger partial charge in [-0.3, -0.25) is 9.36 Å². The summed E-state index contributed by atoms with van der Waals surface area (Å²) in [5.41, 5.74) is 4.34. The number of benzene rings is 3. The molecule has 2 aromatic heterocycles. The fraction of sp³-hybridized carbons (Fsp3) is 0.0800. The molecule has 9 nitrogen and oxygen atoms in total. The highest BCUT2D eigenvalue weighted by atomic mass is 32.2. The Morgan fingerprint density at radius 3 is 2.58 bits per heavy atom. The summed E-state index contributed by atoms with van der Waals surface area (Å²) in [7, 11) is -3.80. The molecular weight excluding hydrogens is 496 g/mol. The Bertz CT molecular complexity index is 1670. The van der Waals surface area contributed by atoms with Gasteiger partial charge >= 0.3 is 0 Å². The number of aromatic amines is 1. The molecule has 3 aromatic carbocycles. The highest BCUT2D eigenvalue weighted by Gasteiger charge is 2.20. The van der Waals surface area contributed by atoms with E-state index in [9.17, 15) is 13.2 Å². The first-order valence-corrected chi connectivity index (χ1v) is 13.5. The molecule has 182 valence electrons. The number of nitrogens with one attached hydrogen (secondary N) is 2. The van der Waals surface area contributed by atoms with E-state index in [1.165, 1.54) is 36.0 Å². The molecule has 0 aliphatic heterocycles. The van der Waals surface area contributed by atoms with E-state index in [1.54, 1.807) is 0 Å². The van der Waals surface area contributed by atoms with Gasteiger partial charge in [-0.15, -0.1) is 10.2 Å². The Kier molecular flexibility index (Phi) is 6.35. The molecule has 2 heterocycles. The first kappa shape index (κ1) is 23.8. The van der Waals surface area contributed by atoms with Crippen LogP contribution in [0.2, 0.25) is 0 Å². The Balaban J connectivity index is 1.42. The molecule has 0 unspecified atom stereocenters. The summed E-state index contributed by atoms with van der Waals surface area (Å²) in [6.45, 7) is 2.01. The molecule has 0 radical (unpaired) electrons. The lowest BCUT2D eigenvalue weighted by Crippen LogP contribution is -2.15. The standard InChI is InChI=1S/C25H22N6O3S2/c1-16-5-4-6-18(13-16)31-24(21-14-27-22-8-3-2-7-20(21)22)29-30-25(31)35-15-23(32)28-17-9-11-19(12-10-17)36(26,33)34/h2-14,27H,15H2,1H3,(H,28,32)(H2,26,33,34). The van der Waals surface area contributed by atoms with Gasteiger partial charge in [0.15, 0.2) is 11.0 Å². The number of nitrogens with zero attached hydrogens (tertiary/aromatic N) is 3. The average molecular weight is 519 g/mol. The van der Waals surface area contributed by atoms with Gasteiger partial charge in [-0.2, -0.15) is 0 Å². The zero-order valence-electron chi connectivity index (χ0n) is 19.2. The number of amides is 1. The number of anilines is 1. The second-order valence-corrected chi connectivity index (χ2v) is 10.6. The lowest BCUT2D eigenvalue weighted by atomic mass is 10.1. The van der Waals surface area contributed by atoms with Gasteiger partial charge in [-0.25, -0.2) is 13.6 Å². The smallest absolute Gasteiger partial charge is 0.238 e. The number of carbonyl (C=O) groups is 1. The van der Waals surface area contributed by atoms with Crippen LogP contribution in [0.4, 0.5) is 5.69 Å². The van der Waals surface area contributed by atoms with Crippen LogP contribution in [-0.2, 0) is 14.8 Å². The topological polar surface area (TPSA) is 136 Å². The summed E-state index contributed by atoms with van der Waals surface area (Å²) < 4.78 is 24.8. The van der Waals surface area contributed by atoms with E-state index in [2.05, 4.69) is 20.5 Å². The Hall–Kier alpha value is -3.93. The highest BCUT2D eigenvalue weighted by Crippen LogP contribution is 2.32. The van der Waals surface area contributed by atoms with Gasteiger partial charge < -0.3 is 10.3 Å². The minimum absolute atomic E-state index is 0.0223. The molecule has 0 bridgehead atoms. The number of H-pyrrole nitrogens is 1. The van der Waals surface area contributed by atoms with Gasteiger partial charge in [0, 0.05) is 34.0 Å². The van der Waals surface area contributed by atoms with Crippen LogP contribution in [0.5, 0.6) is 0 Å². The van der Waals surface area contributed by atoms with E-state index >= 15 is 0 Å². The van der Waals surface area contributed by atoms with Gasteiger partial charge in [-0.1, -0.05) is 42.1 Å². The van der Waals surface area contributed by atoms with Crippen molar-refractivity contribution >= 4 is 44.3 Å².